The van der Waals surface area contributed by atoms with Crippen molar-refractivity contribution in [2.45, 2.75) is 6.54 Å². The van der Waals surface area contributed by atoms with Gasteiger partial charge in [-0.05, 0) is 72.4 Å². The van der Waals surface area contributed by atoms with Crippen molar-refractivity contribution in [3.63, 3.8) is 0 Å². The number of rotatable bonds is 5. The van der Waals surface area contributed by atoms with Gasteiger partial charge >= 0.3 is 0 Å². The second-order valence-corrected chi connectivity index (χ2v) is 9.26. The fourth-order valence-electron chi connectivity index (χ4n) is 4.14. The molecular weight excluding hydrogens is 484 g/mol. The highest BCUT2D eigenvalue weighted by Gasteiger charge is 2.18. The van der Waals surface area contributed by atoms with E-state index in [1.165, 1.54) is 5.56 Å². The molecule has 5 rings (SSSR count). The molecule has 2 heterocycles. The van der Waals surface area contributed by atoms with Gasteiger partial charge in [0.05, 0.1) is 0 Å². The molecule has 1 saturated heterocycles. The maximum atomic E-state index is 12.5. The van der Waals surface area contributed by atoms with Gasteiger partial charge in [-0.3, -0.25) is 15.0 Å². The molecule has 180 valence electrons. The monoisotopic (exact) mass is 508 g/mol. The number of hydrogen-bond acceptors (Lipinski definition) is 6. The first-order valence-corrected chi connectivity index (χ1v) is 12.2. The van der Waals surface area contributed by atoms with Gasteiger partial charge in [0.25, 0.3) is 5.91 Å². The number of hydrogen-bond donors (Lipinski definition) is 2. The minimum absolute atomic E-state index is 0.162. The topological polar surface area (TPSA) is 66.1 Å². The summed E-state index contributed by atoms with van der Waals surface area (Å²) in [6, 6.07) is 21.2. The van der Waals surface area contributed by atoms with Crippen molar-refractivity contribution in [3.8, 4) is 11.5 Å². The molecule has 2 N–H and O–H groups in total. The van der Waals surface area contributed by atoms with Crippen LogP contribution in [0, 0.1) is 0 Å². The first-order chi connectivity index (χ1) is 17.0. The zero-order valence-corrected chi connectivity index (χ0v) is 20.6. The van der Waals surface area contributed by atoms with Crippen molar-refractivity contribution in [2.75, 3.05) is 43.2 Å². The number of halogens is 1. The van der Waals surface area contributed by atoms with Crippen molar-refractivity contribution in [1.82, 2.24) is 10.2 Å². The van der Waals surface area contributed by atoms with Crippen molar-refractivity contribution < 1.29 is 14.3 Å². The van der Waals surface area contributed by atoms with Crippen LogP contribution in [0.3, 0.4) is 0 Å². The predicted molar refractivity (Wildman–Crippen MR) is 142 cm³/mol. The van der Waals surface area contributed by atoms with Crippen LogP contribution in [0.5, 0.6) is 11.5 Å². The van der Waals surface area contributed by atoms with Gasteiger partial charge in [-0.1, -0.05) is 23.7 Å². The molecule has 1 fully saturated rings. The Labute approximate surface area is 214 Å². The van der Waals surface area contributed by atoms with Crippen molar-refractivity contribution in [1.29, 1.82) is 0 Å². The van der Waals surface area contributed by atoms with Gasteiger partial charge < -0.3 is 19.7 Å². The molecule has 0 radical (unpaired) electrons. The summed E-state index contributed by atoms with van der Waals surface area (Å²) in [5, 5.41) is 6.77. The van der Waals surface area contributed by atoms with Gasteiger partial charge in [-0.25, -0.2) is 0 Å². The van der Waals surface area contributed by atoms with Crippen LogP contribution in [0.4, 0.5) is 11.4 Å². The fraction of sp³-hybridized carbons (Fsp3) is 0.231. The van der Waals surface area contributed by atoms with Crippen LogP contribution in [-0.4, -0.2) is 48.9 Å². The second kappa shape index (κ2) is 10.5. The van der Waals surface area contributed by atoms with E-state index in [1.807, 2.05) is 24.3 Å². The number of fused-ring (bicyclic) bond motifs is 1. The predicted octanol–water partition coefficient (Wildman–Crippen LogP) is 4.52. The van der Waals surface area contributed by atoms with E-state index in [4.69, 9.17) is 33.3 Å². The Morgan fingerprint density at radius 2 is 1.63 bits per heavy atom. The zero-order valence-electron chi connectivity index (χ0n) is 19.0. The molecule has 7 nitrogen and oxygen atoms in total. The lowest BCUT2D eigenvalue weighted by atomic mass is 10.2. The lowest BCUT2D eigenvalue weighted by Crippen LogP contribution is -2.45. The summed E-state index contributed by atoms with van der Waals surface area (Å²) in [5.74, 6) is 0.872. The lowest BCUT2D eigenvalue weighted by Gasteiger charge is -2.36. The molecule has 0 bridgehead atoms. The van der Waals surface area contributed by atoms with Gasteiger partial charge in [0.2, 0.25) is 6.79 Å². The fourth-order valence-corrected chi connectivity index (χ4v) is 4.48. The minimum Gasteiger partial charge on any atom is -0.454 e. The maximum Gasteiger partial charge on any atom is 0.257 e. The van der Waals surface area contributed by atoms with E-state index < -0.39 is 0 Å². The molecule has 0 saturated carbocycles. The number of ether oxygens (including phenoxy) is 2. The standard InChI is InChI=1S/C26H25ClN4O3S/c27-20-4-1-18(2-5-20)16-30-11-13-31(14-12-30)22-8-6-21(7-9-22)28-26(35)29-25(32)19-3-10-23-24(15-19)34-17-33-23/h1-10,15H,11-14,16-17H2,(H2,28,29,32,35). The summed E-state index contributed by atoms with van der Waals surface area (Å²) < 4.78 is 10.6. The summed E-state index contributed by atoms with van der Waals surface area (Å²) in [6.45, 7) is 5.02. The van der Waals surface area contributed by atoms with Crippen molar-refractivity contribution >= 4 is 46.2 Å². The van der Waals surface area contributed by atoms with Gasteiger partial charge in [0, 0.05) is 54.7 Å². The first kappa shape index (κ1) is 23.4. The molecule has 35 heavy (non-hydrogen) atoms. The van der Waals surface area contributed by atoms with Gasteiger partial charge in [0.1, 0.15) is 0 Å². The van der Waals surface area contributed by atoms with Gasteiger partial charge in [-0.15, -0.1) is 0 Å². The number of nitrogens with zero attached hydrogens (tertiary/aromatic N) is 2. The van der Waals surface area contributed by atoms with Crippen molar-refractivity contribution in [2.24, 2.45) is 0 Å². The summed E-state index contributed by atoms with van der Waals surface area (Å²) >= 11 is 11.3. The summed E-state index contributed by atoms with van der Waals surface area (Å²) in [6.07, 6.45) is 0. The molecule has 0 atom stereocenters. The van der Waals surface area contributed by atoms with E-state index in [-0.39, 0.29) is 17.8 Å². The quantitative estimate of drug-likeness (QED) is 0.491. The minimum atomic E-state index is -0.311. The summed E-state index contributed by atoms with van der Waals surface area (Å²) in [4.78, 5) is 17.3. The van der Waals surface area contributed by atoms with Crippen LogP contribution < -0.4 is 25.0 Å². The number of nitrogens with one attached hydrogen (secondary N) is 2. The Balaban J connectivity index is 1.10. The van der Waals surface area contributed by atoms with Crippen LogP contribution in [0.1, 0.15) is 15.9 Å². The molecule has 0 aromatic heterocycles. The molecule has 3 aromatic carbocycles. The molecule has 0 aliphatic carbocycles. The highest BCUT2D eigenvalue weighted by molar-refractivity contribution is 7.80. The third-order valence-corrected chi connectivity index (χ3v) is 6.50. The number of carbonyl (C=O) groups is 1. The van der Waals surface area contributed by atoms with E-state index in [2.05, 4.69) is 44.7 Å². The largest absolute Gasteiger partial charge is 0.454 e. The second-order valence-electron chi connectivity index (χ2n) is 8.41. The molecular formula is C26H25ClN4O3S. The van der Waals surface area contributed by atoms with E-state index in [1.54, 1.807) is 18.2 Å². The SMILES string of the molecule is O=C(NC(=S)Nc1ccc(N2CCN(Cc3ccc(Cl)cc3)CC2)cc1)c1ccc2c(c1)OCO2. The maximum absolute atomic E-state index is 12.5. The normalized spacial score (nSPS) is 15.1. The Bertz CT molecular complexity index is 1210. The Kier molecular flexibility index (Phi) is 7.03. The molecule has 9 heteroatoms. The summed E-state index contributed by atoms with van der Waals surface area (Å²) in [5.41, 5.74) is 3.70. The van der Waals surface area contributed by atoms with Gasteiger partial charge in [0.15, 0.2) is 16.6 Å². The number of piperazine rings is 1. The Morgan fingerprint density at radius 1 is 0.914 bits per heavy atom. The third kappa shape index (κ3) is 5.85. The van der Waals surface area contributed by atoms with Crippen LogP contribution in [0.25, 0.3) is 0 Å². The molecule has 1 amide bonds. The molecule has 2 aliphatic rings. The van der Waals surface area contributed by atoms with Crippen LogP contribution in [0.15, 0.2) is 66.7 Å². The lowest BCUT2D eigenvalue weighted by molar-refractivity contribution is 0.0977. The first-order valence-electron chi connectivity index (χ1n) is 11.4. The van der Waals surface area contributed by atoms with Crippen LogP contribution in [0.2, 0.25) is 5.02 Å². The number of amides is 1. The zero-order chi connectivity index (χ0) is 24.2. The van der Waals surface area contributed by atoms with E-state index in [0.29, 0.717) is 17.1 Å². The van der Waals surface area contributed by atoms with E-state index in [0.717, 1.165) is 49.1 Å². The van der Waals surface area contributed by atoms with Crippen LogP contribution >= 0.6 is 23.8 Å². The molecule has 0 spiro atoms. The number of benzene rings is 3. The Morgan fingerprint density at radius 3 is 2.37 bits per heavy atom. The van der Waals surface area contributed by atoms with Crippen molar-refractivity contribution in [3.05, 3.63) is 82.9 Å². The highest BCUT2D eigenvalue weighted by atomic mass is 35.5. The Hall–Kier alpha value is -3.33. The summed E-state index contributed by atoms with van der Waals surface area (Å²) in [7, 11) is 0. The average molecular weight is 509 g/mol. The third-order valence-electron chi connectivity index (χ3n) is 6.04. The van der Waals surface area contributed by atoms with Gasteiger partial charge in [-0.2, -0.15) is 0 Å². The average Bonchev–Trinajstić information content (AvgIpc) is 3.34. The number of anilines is 2. The highest BCUT2D eigenvalue weighted by Crippen LogP contribution is 2.32. The van der Waals surface area contributed by atoms with E-state index in [9.17, 15) is 4.79 Å². The smallest absolute Gasteiger partial charge is 0.257 e. The number of thiocarbonyl (C=S) groups is 1. The van der Waals surface area contributed by atoms with E-state index >= 15 is 0 Å². The molecule has 0 unspecified atom stereocenters. The molecule has 3 aromatic rings. The van der Waals surface area contributed by atoms with Crippen LogP contribution in [-0.2, 0) is 6.54 Å². The number of carbonyl (C=O) groups excluding carboxylic acids is 1. The molecule has 2 aliphatic heterocycles.